The van der Waals surface area contributed by atoms with Gasteiger partial charge in [-0.15, -0.1) is 0 Å². The Balaban J connectivity index is 2.76. The lowest BCUT2D eigenvalue weighted by molar-refractivity contribution is 0.173. The molecule has 1 rings (SSSR count). The summed E-state index contributed by atoms with van der Waals surface area (Å²) < 4.78 is 19.1. The van der Waals surface area contributed by atoms with E-state index in [1.165, 1.54) is 0 Å². The number of benzene rings is 1. The number of methoxy groups -OCH3 is 1. The van der Waals surface area contributed by atoms with Crippen LogP contribution in [0.5, 0.6) is 0 Å². The van der Waals surface area contributed by atoms with Crippen LogP contribution in [0.2, 0.25) is 0 Å². The maximum atomic E-state index is 14.0. The Morgan fingerprint density at radius 2 is 2.05 bits per heavy atom. The molecule has 0 saturated carbocycles. The highest BCUT2D eigenvalue weighted by Crippen LogP contribution is 2.28. The van der Waals surface area contributed by atoms with Crippen molar-refractivity contribution in [2.75, 3.05) is 26.8 Å². The van der Waals surface area contributed by atoms with Crippen LogP contribution in [0.15, 0.2) is 24.3 Å². The fourth-order valence-corrected chi connectivity index (χ4v) is 2.33. The number of ether oxygens (including phenoxy) is 1. The molecule has 1 aromatic rings. The molecule has 1 aromatic carbocycles. The number of halogens is 1. The number of nitrogens with one attached hydrogen (secondary N) is 1. The van der Waals surface area contributed by atoms with Gasteiger partial charge in [0.1, 0.15) is 5.82 Å². The summed E-state index contributed by atoms with van der Waals surface area (Å²) in [7, 11) is 1.71. The summed E-state index contributed by atoms with van der Waals surface area (Å²) >= 11 is 0. The molecule has 0 amide bonds. The molecule has 0 spiro atoms. The second kappa shape index (κ2) is 9.05. The Labute approximate surface area is 116 Å². The maximum absolute atomic E-state index is 14.0. The van der Waals surface area contributed by atoms with Crippen molar-refractivity contribution < 1.29 is 9.13 Å². The first kappa shape index (κ1) is 16.1. The monoisotopic (exact) mass is 267 g/mol. The predicted octanol–water partition coefficient (Wildman–Crippen LogP) is 3.58. The van der Waals surface area contributed by atoms with Crippen LogP contribution in [0.4, 0.5) is 4.39 Å². The average molecular weight is 267 g/mol. The molecule has 3 heteroatoms. The van der Waals surface area contributed by atoms with Crippen LogP contribution < -0.4 is 5.32 Å². The van der Waals surface area contributed by atoms with E-state index in [2.05, 4.69) is 19.2 Å². The molecule has 0 aromatic heterocycles. The number of rotatable bonds is 9. The third kappa shape index (κ3) is 5.29. The minimum atomic E-state index is -0.102. The maximum Gasteiger partial charge on any atom is 0.126 e. The zero-order valence-electron chi connectivity index (χ0n) is 12.3. The highest BCUT2D eigenvalue weighted by Gasteiger charge is 2.21. The standard InChI is InChI=1S/C16H26FNO/c1-4-10-18-12-15(13(2)9-11-19-3)14-7-5-6-8-16(14)17/h5-8,13,15,18H,4,9-12H2,1-3H3. The lowest BCUT2D eigenvalue weighted by Crippen LogP contribution is -2.27. The minimum Gasteiger partial charge on any atom is -0.385 e. The summed E-state index contributed by atoms with van der Waals surface area (Å²) in [5.74, 6) is 0.485. The predicted molar refractivity (Wildman–Crippen MR) is 78.0 cm³/mol. The minimum absolute atomic E-state index is 0.102. The van der Waals surface area contributed by atoms with E-state index in [4.69, 9.17) is 4.74 Å². The van der Waals surface area contributed by atoms with E-state index < -0.39 is 0 Å². The third-order valence-electron chi connectivity index (χ3n) is 3.56. The zero-order valence-corrected chi connectivity index (χ0v) is 12.3. The summed E-state index contributed by atoms with van der Waals surface area (Å²) in [6.07, 6.45) is 2.04. The quantitative estimate of drug-likeness (QED) is 0.690. The SMILES string of the molecule is CCCNCC(c1ccccc1F)C(C)CCOC. The first-order valence-electron chi connectivity index (χ1n) is 7.14. The Morgan fingerprint density at radius 3 is 2.68 bits per heavy atom. The van der Waals surface area contributed by atoms with Gasteiger partial charge in [-0.3, -0.25) is 0 Å². The summed E-state index contributed by atoms with van der Waals surface area (Å²) in [4.78, 5) is 0. The van der Waals surface area contributed by atoms with Crippen molar-refractivity contribution >= 4 is 0 Å². The molecular formula is C16H26FNO. The first-order chi connectivity index (χ1) is 9.20. The first-order valence-corrected chi connectivity index (χ1v) is 7.14. The third-order valence-corrected chi connectivity index (χ3v) is 3.56. The molecule has 0 fully saturated rings. The Hall–Kier alpha value is -0.930. The van der Waals surface area contributed by atoms with Gasteiger partial charge in [0.25, 0.3) is 0 Å². The normalized spacial score (nSPS) is 14.3. The molecule has 0 heterocycles. The average Bonchev–Trinajstić information content (AvgIpc) is 2.42. The Morgan fingerprint density at radius 1 is 1.32 bits per heavy atom. The van der Waals surface area contributed by atoms with Gasteiger partial charge >= 0.3 is 0 Å². The van der Waals surface area contributed by atoms with Gasteiger partial charge in [-0.05, 0) is 36.9 Å². The summed E-state index contributed by atoms with van der Waals surface area (Å²) in [6, 6.07) is 7.10. The van der Waals surface area contributed by atoms with E-state index >= 15 is 0 Å². The van der Waals surface area contributed by atoms with Crippen LogP contribution in [0.1, 0.15) is 38.2 Å². The van der Waals surface area contributed by atoms with Crippen LogP contribution >= 0.6 is 0 Å². The van der Waals surface area contributed by atoms with Crippen LogP contribution in [-0.2, 0) is 4.74 Å². The summed E-state index contributed by atoms with van der Waals surface area (Å²) in [5, 5.41) is 3.41. The zero-order chi connectivity index (χ0) is 14.1. The Kier molecular flexibility index (Phi) is 7.68. The van der Waals surface area contributed by atoms with Crippen molar-refractivity contribution in [3.05, 3.63) is 35.6 Å². The second-order valence-electron chi connectivity index (χ2n) is 5.09. The number of hydrogen-bond donors (Lipinski definition) is 1. The topological polar surface area (TPSA) is 21.3 Å². The summed E-state index contributed by atoms with van der Waals surface area (Å²) in [6.45, 7) is 6.82. The van der Waals surface area contributed by atoms with E-state index in [9.17, 15) is 4.39 Å². The van der Waals surface area contributed by atoms with Gasteiger partial charge in [0, 0.05) is 26.2 Å². The van der Waals surface area contributed by atoms with Crippen molar-refractivity contribution in [2.45, 2.75) is 32.6 Å². The molecular weight excluding hydrogens is 241 g/mol. The highest BCUT2D eigenvalue weighted by molar-refractivity contribution is 5.22. The van der Waals surface area contributed by atoms with Crippen molar-refractivity contribution in [2.24, 2.45) is 5.92 Å². The van der Waals surface area contributed by atoms with Gasteiger partial charge in [-0.1, -0.05) is 32.0 Å². The van der Waals surface area contributed by atoms with Crippen LogP contribution in [0.25, 0.3) is 0 Å². The van der Waals surface area contributed by atoms with Crippen LogP contribution in [0.3, 0.4) is 0 Å². The van der Waals surface area contributed by atoms with E-state index in [0.29, 0.717) is 5.92 Å². The molecule has 0 bridgehead atoms. The van der Waals surface area contributed by atoms with Gasteiger partial charge < -0.3 is 10.1 Å². The largest absolute Gasteiger partial charge is 0.385 e. The van der Waals surface area contributed by atoms with Gasteiger partial charge in [0.05, 0.1) is 0 Å². The highest BCUT2D eigenvalue weighted by atomic mass is 19.1. The molecule has 2 nitrogen and oxygen atoms in total. The van der Waals surface area contributed by atoms with Crippen molar-refractivity contribution in [3.63, 3.8) is 0 Å². The lowest BCUT2D eigenvalue weighted by atomic mass is 9.85. The fourth-order valence-electron chi connectivity index (χ4n) is 2.33. The van der Waals surface area contributed by atoms with Crippen LogP contribution in [-0.4, -0.2) is 26.8 Å². The number of hydrogen-bond acceptors (Lipinski definition) is 2. The van der Waals surface area contributed by atoms with Crippen molar-refractivity contribution in [1.29, 1.82) is 0 Å². The molecule has 0 aliphatic heterocycles. The molecule has 2 unspecified atom stereocenters. The molecule has 1 N–H and O–H groups in total. The molecule has 2 atom stereocenters. The van der Waals surface area contributed by atoms with E-state index in [0.717, 1.165) is 38.1 Å². The van der Waals surface area contributed by atoms with Crippen molar-refractivity contribution in [1.82, 2.24) is 5.32 Å². The molecule has 0 saturated heterocycles. The lowest BCUT2D eigenvalue weighted by Gasteiger charge is -2.25. The van der Waals surface area contributed by atoms with Gasteiger partial charge in [0.2, 0.25) is 0 Å². The fraction of sp³-hybridized carbons (Fsp3) is 0.625. The van der Waals surface area contributed by atoms with E-state index in [1.54, 1.807) is 19.2 Å². The molecule has 0 radical (unpaired) electrons. The van der Waals surface area contributed by atoms with Crippen molar-refractivity contribution in [3.8, 4) is 0 Å². The molecule has 0 aliphatic carbocycles. The Bertz CT molecular complexity index is 356. The van der Waals surface area contributed by atoms with E-state index in [1.807, 2.05) is 12.1 Å². The molecule has 19 heavy (non-hydrogen) atoms. The van der Waals surface area contributed by atoms with Gasteiger partial charge in [-0.2, -0.15) is 0 Å². The molecule has 108 valence electrons. The second-order valence-corrected chi connectivity index (χ2v) is 5.09. The van der Waals surface area contributed by atoms with Gasteiger partial charge in [-0.25, -0.2) is 4.39 Å². The van der Waals surface area contributed by atoms with Gasteiger partial charge in [0.15, 0.2) is 0 Å². The smallest absolute Gasteiger partial charge is 0.126 e. The summed E-state index contributed by atoms with van der Waals surface area (Å²) in [5.41, 5.74) is 0.815. The van der Waals surface area contributed by atoms with E-state index in [-0.39, 0.29) is 11.7 Å². The molecule has 0 aliphatic rings. The van der Waals surface area contributed by atoms with Crippen LogP contribution in [0, 0.1) is 11.7 Å².